The van der Waals surface area contributed by atoms with Crippen molar-refractivity contribution in [2.24, 2.45) is 4.99 Å². The van der Waals surface area contributed by atoms with Gasteiger partial charge < -0.3 is 9.47 Å². The van der Waals surface area contributed by atoms with Crippen LogP contribution in [0.2, 0.25) is 0 Å². The molecule has 79 valence electrons. The average molecular weight is 204 g/mol. The van der Waals surface area contributed by atoms with Gasteiger partial charge in [0.1, 0.15) is 12.4 Å². The third kappa shape index (κ3) is 2.12. The van der Waals surface area contributed by atoms with Gasteiger partial charge in [-0.1, -0.05) is 0 Å². The number of methoxy groups -OCH3 is 1. The summed E-state index contributed by atoms with van der Waals surface area (Å²) in [5.74, 6) is 1.46. The van der Waals surface area contributed by atoms with Gasteiger partial charge in [0.2, 0.25) is 5.90 Å². The van der Waals surface area contributed by atoms with Gasteiger partial charge in [-0.25, -0.2) is 4.99 Å². The molecule has 0 fully saturated rings. The van der Waals surface area contributed by atoms with E-state index >= 15 is 0 Å². The van der Waals surface area contributed by atoms with Crippen LogP contribution in [0.3, 0.4) is 0 Å². The normalized spacial score (nSPS) is 18.2. The molecule has 0 aromatic heterocycles. The molecular weight excluding hydrogens is 190 g/mol. The Morgan fingerprint density at radius 3 is 2.73 bits per heavy atom. The first-order chi connectivity index (χ1) is 7.11. The Kier molecular flexibility index (Phi) is 2.39. The molecule has 0 atom stereocenters. The average Bonchev–Trinajstić information content (AvgIpc) is 2.59. The lowest BCUT2D eigenvalue weighted by Gasteiger charge is -2.07. The van der Waals surface area contributed by atoms with Crippen molar-refractivity contribution in [3.8, 4) is 5.75 Å². The lowest BCUT2D eigenvalue weighted by molar-refractivity contribution is 0.279. The lowest BCUT2D eigenvalue weighted by atomic mass is 10.1. The van der Waals surface area contributed by atoms with E-state index in [1.807, 2.05) is 26.0 Å². The summed E-state index contributed by atoms with van der Waals surface area (Å²) in [4.78, 5) is 4.47. The van der Waals surface area contributed by atoms with E-state index < -0.39 is 0 Å². The maximum Gasteiger partial charge on any atom is 0.217 e. The number of aliphatic imine (C=N–C) groups is 1. The third-order valence-corrected chi connectivity index (χ3v) is 2.22. The number of rotatable bonds is 2. The van der Waals surface area contributed by atoms with Gasteiger partial charge in [0.05, 0.1) is 12.6 Å². The van der Waals surface area contributed by atoms with Crippen LogP contribution in [0.15, 0.2) is 23.2 Å². The summed E-state index contributed by atoms with van der Waals surface area (Å²) >= 11 is 0. The summed E-state index contributed by atoms with van der Waals surface area (Å²) < 4.78 is 10.6. The Balaban J connectivity index is 2.24. The van der Waals surface area contributed by atoms with E-state index in [1.165, 1.54) is 0 Å². The molecule has 0 N–H and O–H groups in total. The minimum atomic E-state index is -0.122. The first-order valence-corrected chi connectivity index (χ1v) is 4.89. The Morgan fingerprint density at radius 1 is 1.47 bits per heavy atom. The molecule has 0 spiro atoms. The molecule has 0 saturated carbocycles. The van der Waals surface area contributed by atoms with Gasteiger partial charge in [-0.3, -0.25) is 0 Å². The third-order valence-electron chi connectivity index (χ3n) is 2.22. The highest BCUT2D eigenvalue weighted by Crippen LogP contribution is 2.21. The van der Waals surface area contributed by atoms with Gasteiger partial charge in [-0.2, -0.15) is 0 Å². The van der Waals surface area contributed by atoms with E-state index in [0.717, 1.165) is 11.3 Å². The molecule has 15 heavy (non-hydrogen) atoms. The number of hydrogen-bond donors (Lipinski definition) is 0. The van der Waals surface area contributed by atoms with Crippen molar-refractivity contribution in [2.45, 2.75) is 19.4 Å². The van der Waals surface area contributed by atoms with Crippen LogP contribution < -0.4 is 4.74 Å². The summed E-state index contributed by atoms with van der Waals surface area (Å²) in [6.07, 6.45) is 0. The van der Waals surface area contributed by atoms with Crippen molar-refractivity contribution in [1.82, 2.24) is 0 Å². The fraction of sp³-hybridized carbons (Fsp3) is 0.417. The van der Waals surface area contributed by atoms with E-state index in [4.69, 9.17) is 9.47 Å². The van der Waals surface area contributed by atoms with Crippen molar-refractivity contribution < 1.29 is 9.47 Å². The molecule has 0 amide bonds. The molecule has 0 bridgehead atoms. The monoisotopic (exact) mass is 204 g/mol. The molecule has 1 aliphatic heterocycles. The number of hydrogen-bond acceptors (Lipinski definition) is 3. The lowest BCUT2D eigenvalue weighted by Crippen LogP contribution is -2.17. The largest absolute Gasteiger partial charge is 0.497 e. The second-order valence-corrected chi connectivity index (χ2v) is 4.16. The maximum atomic E-state index is 5.51. The van der Waals surface area contributed by atoms with Gasteiger partial charge in [0, 0.05) is 5.56 Å². The van der Waals surface area contributed by atoms with Gasteiger partial charge >= 0.3 is 0 Å². The zero-order valence-corrected chi connectivity index (χ0v) is 9.20. The molecule has 1 radical (unpaired) electrons. The second kappa shape index (κ2) is 3.57. The molecule has 1 aliphatic rings. The van der Waals surface area contributed by atoms with E-state index in [1.54, 1.807) is 13.2 Å². The van der Waals surface area contributed by atoms with Crippen LogP contribution in [0.25, 0.3) is 0 Å². The molecule has 1 aromatic rings. The molecular formula is C12H14NO2. The minimum absolute atomic E-state index is 0.122. The summed E-state index contributed by atoms with van der Waals surface area (Å²) in [6, 6.07) is 8.65. The highest BCUT2D eigenvalue weighted by atomic mass is 16.5. The second-order valence-electron chi connectivity index (χ2n) is 4.16. The molecule has 0 aliphatic carbocycles. The van der Waals surface area contributed by atoms with Gasteiger partial charge in [-0.15, -0.1) is 0 Å². The minimum Gasteiger partial charge on any atom is -0.497 e. The summed E-state index contributed by atoms with van der Waals surface area (Å²) in [7, 11) is 1.63. The summed E-state index contributed by atoms with van der Waals surface area (Å²) in [5, 5.41) is 0. The predicted octanol–water partition coefficient (Wildman–Crippen LogP) is 2.05. The highest BCUT2D eigenvalue weighted by Gasteiger charge is 2.26. The fourth-order valence-corrected chi connectivity index (χ4v) is 1.39. The zero-order chi connectivity index (χ0) is 10.9. The Morgan fingerprint density at radius 2 is 2.27 bits per heavy atom. The molecule has 1 heterocycles. The number of nitrogens with zero attached hydrogens (tertiary/aromatic N) is 1. The Labute approximate surface area is 89.7 Å². The number of ether oxygens (including phenoxy) is 2. The van der Waals surface area contributed by atoms with Gasteiger partial charge in [0.25, 0.3) is 0 Å². The smallest absolute Gasteiger partial charge is 0.217 e. The summed E-state index contributed by atoms with van der Waals surface area (Å²) in [5.41, 5.74) is 0.754. The molecule has 0 unspecified atom stereocenters. The van der Waals surface area contributed by atoms with Crippen LogP contribution in [0.4, 0.5) is 0 Å². The van der Waals surface area contributed by atoms with Crippen LogP contribution in [0.5, 0.6) is 5.75 Å². The van der Waals surface area contributed by atoms with Crippen molar-refractivity contribution in [3.63, 3.8) is 0 Å². The fourth-order valence-electron chi connectivity index (χ4n) is 1.39. The van der Waals surface area contributed by atoms with Crippen LogP contribution in [-0.4, -0.2) is 25.2 Å². The van der Waals surface area contributed by atoms with E-state index in [-0.39, 0.29) is 5.54 Å². The van der Waals surface area contributed by atoms with E-state index in [2.05, 4.69) is 11.1 Å². The molecule has 3 nitrogen and oxygen atoms in total. The molecule has 3 heteroatoms. The summed E-state index contributed by atoms with van der Waals surface area (Å²) in [6.45, 7) is 4.72. The van der Waals surface area contributed by atoms with E-state index in [9.17, 15) is 0 Å². The maximum absolute atomic E-state index is 5.51. The molecule has 1 aromatic carbocycles. The number of benzene rings is 1. The van der Waals surface area contributed by atoms with Crippen molar-refractivity contribution in [1.29, 1.82) is 0 Å². The standard InChI is InChI=1S/C12H14NO2/c1-12(2)8-15-11(13-12)9-4-6-10(14-3)7-5-9/h4,6-7H,8H2,1-3H3. The van der Waals surface area contributed by atoms with Crippen LogP contribution in [0, 0.1) is 6.07 Å². The highest BCUT2D eigenvalue weighted by molar-refractivity contribution is 5.95. The Bertz CT molecular complexity index is 379. The predicted molar refractivity (Wildman–Crippen MR) is 58.4 cm³/mol. The SMILES string of the molecule is COc1c[c]c(C2=NC(C)(C)CO2)cc1. The zero-order valence-electron chi connectivity index (χ0n) is 9.20. The van der Waals surface area contributed by atoms with E-state index in [0.29, 0.717) is 12.5 Å². The molecule has 0 saturated heterocycles. The van der Waals surface area contributed by atoms with Crippen LogP contribution in [-0.2, 0) is 4.74 Å². The first-order valence-electron chi connectivity index (χ1n) is 4.89. The van der Waals surface area contributed by atoms with Gasteiger partial charge in [0.15, 0.2) is 0 Å². The quantitative estimate of drug-likeness (QED) is 0.738. The van der Waals surface area contributed by atoms with Crippen molar-refractivity contribution in [2.75, 3.05) is 13.7 Å². The first kappa shape index (κ1) is 10.0. The van der Waals surface area contributed by atoms with Crippen LogP contribution in [0.1, 0.15) is 19.4 Å². The Hall–Kier alpha value is -1.51. The van der Waals surface area contributed by atoms with Crippen LogP contribution >= 0.6 is 0 Å². The van der Waals surface area contributed by atoms with Crippen molar-refractivity contribution in [3.05, 3.63) is 29.8 Å². The van der Waals surface area contributed by atoms with Crippen molar-refractivity contribution >= 4 is 5.90 Å². The van der Waals surface area contributed by atoms with Gasteiger partial charge in [-0.05, 0) is 38.1 Å². The molecule has 2 rings (SSSR count). The topological polar surface area (TPSA) is 30.8 Å².